The van der Waals surface area contributed by atoms with Crippen molar-refractivity contribution in [1.29, 1.82) is 0 Å². The molecule has 0 saturated heterocycles. The zero-order valence-corrected chi connectivity index (χ0v) is 17.0. The van der Waals surface area contributed by atoms with Gasteiger partial charge in [-0.1, -0.05) is 41.9 Å². The summed E-state index contributed by atoms with van der Waals surface area (Å²) in [6, 6.07) is 17.7. The first-order valence-electron chi connectivity index (χ1n) is 8.49. The second-order valence-electron chi connectivity index (χ2n) is 6.24. The lowest BCUT2D eigenvalue weighted by atomic mass is 10.2. The number of ether oxygens (including phenoxy) is 1. The van der Waals surface area contributed by atoms with Crippen molar-refractivity contribution in [2.75, 3.05) is 11.4 Å². The Morgan fingerprint density at radius 2 is 1.79 bits per heavy atom. The molecule has 3 aromatic rings. The second kappa shape index (κ2) is 8.20. The van der Waals surface area contributed by atoms with Crippen LogP contribution in [-0.2, 0) is 16.6 Å². The molecule has 0 N–H and O–H groups in total. The lowest BCUT2D eigenvalue weighted by Gasteiger charge is -2.26. The summed E-state index contributed by atoms with van der Waals surface area (Å²) < 4.78 is 47.0. The van der Waals surface area contributed by atoms with Gasteiger partial charge in [-0.2, -0.15) is 0 Å². The van der Waals surface area contributed by atoms with Crippen LogP contribution in [0.2, 0.25) is 5.02 Å². The first kappa shape index (κ1) is 20.2. The minimum Gasteiger partial charge on any atom is -0.496 e. The van der Waals surface area contributed by atoms with Crippen molar-refractivity contribution in [3.8, 4) is 5.75 Å². The van der Waals surface area contributed by atoms with E-state index in [9.17, 15) is 12.8 Å². The van der Waals surface area contributed by atoms with Crippen LogP contribution in [0.5, 0.6) is 5.75 Å². The number of nitrogens with zero attached hydrogens (tertiary/aromatic N) is 1. The number of hydrogen-bond acceptors (Lipinski definition) is 3. The van der Waals surface area contributed by atoms with E-state index in [2.05, 4.69) is 0 Å². The lowest BCUT2D eigenvalue weighted by molar-refractivity contribution is 0.410. The predicted molar refractivity (Wildman–Crippen MR) is 109 cm³/mol. The molecule has 7 heteroatoms. The Balaban J connectivity index is 2.14. The molecule has 0 bridgehead atoms. The lowest BCUT2D eigenvalue weighted by Crippen LogP contribution is -2.30. The van der Waals surface area contributed by atoms with E-state index in [1.54, 1.807) is 30.3 Å². The highest BCUT2D eigenvalue weighted by molar-refractivity contribution is 7.92. The molecule has 0 aliphatic carbocycles. The van der Waals surface area contributed by atoms with E-state index in [0.29, 0.717) is 17.0 Å². The number of sulfonamides is 1. The molecule has 0 heterocycles. The molecule has 0 amide bonds. The van der Waals surface area contributed by atoms with E-state index in [0.717, 1.165) is 17.7 Å². The quantitative estimate of drug-likeness (QED) is 0.552. The average molecular weight is 420 g/mol. The fourth-order valence-electron chi connectivity index (χ4n) is 2.85. The Hall–Kier alpha value is -2.57. The van der Waals surface area contributed by atoms with Crippen LogP contribution < -0.4 is 9.04 Å². The maximum Gasteiger partial charge on any atom is 0.264 e. The van der Waals surface area contributed by atoms with Crippen LogP contribution in [-0.4, -0.2) is 15.5 Å². The minimum atomic E-state index is -4.01. The van der Waals surface area contributed by atoms with Crippen molar-refractivity contribution in [3.05, 3.63) is 88.7 Å². The molecule has 4 nitrogen and oxygen atoms in total. The summed E-state index contributed by atoms with van der Waals surface area (Å²) in [4.78, 5) is -0.0877. The number of hydrogen-bond donors (Lipinski definition) is 0. The van der Waals surface area contributed by atoms with Crippen LogP contribution in [0.25, 0.3) is 0 Å². The number of anilines is 1. The molecule has 0 atom stereocenters. The van der Waals surface area contributed by atoms with Gasteiger partial charge in [0.1, 0.15) is 11.6 Å². The van der Waals surface area contributed by atoms with Crippen molar-refractivity contribution in [2.24, 2.45) is 0 Å². The maximum absolute atomic E-state index is 13.6. The number of para-hydroxylation sites is 1. The third kappa shape index (κ3) is 4.13. The molecule has 3 aromatic carbocycles. The summed E-state index contributed by atoms with van der Waals surface area (Å²) in [6.45, 7) is 1.93. The van der Waals surface area contributed by atoms with Gasteiger partial charge in [0.15, 0.2) is 0 Å². The van der Waals surface area contributed by atoms with E-state index in [1.807, 2.05) is 25.1 Å². The zero-order chi connectivity index (χ0) is 20.3. The first-order chi connectivity index (χ1) is 13.3. The van der Waals surface area contributed by atoms with E-state index in [4.69, 9.17) is 16.3 Å². The van der Waals surface area contributed by atoms with Crippen LogP contribution >= 0.6 is 11.6 Å². The van der Waals surface area contributed by atoms with Crippen LogP contribution in [0.4, 0.5) is 10.1 Å². The van der Waals surface area contributed by atoms with Gasteiger partial charge in [-0.25, -0.2) is 12.8 Å². The fourth-order valence-corrected chi connectivity index (χ4v) is 4.56. The molecule has 28 heavy (non-hydrogen) atoms. The molecule has 146 valence electrons. The minimum absolute atomic E-state index is 0.0464. The summed E-state index contributed by atoms with van der Waals surface area (Å²) in [5, 5.41) is -0.248. The Bertz CT molecular complexity index is 1100. The van der Waals surface area contributed by atoms with Crippen molar-refractivity contribution in [2.45, 2.75) is 18.4 Å². The normalized spacial score (nSPS) is 11.3. The maximum atomic E-state index is 13.6. The van der Waals surface area contributed by atoms with E-state index >= 15 is 0 Å². The van der Waals surface area contributed by atoms with Gasteiger partial charge >= 0.3 is 0 Å². The highest BCUT2D eigenvalue weighted by atomic mass is 35.5. The summed E-state index contributed by atoms with van der Waals surface area (Å²) in [5.74, 6) is -0.0973. The largest absolute Gasteiger partial charge is 0.496 e. The molecular weight excluding hydrogens is 401 g/mol. The van der Waals surface area contributed by atoms with Crippen LogP contribution in [0, 0.1) is 12.7 Å². The predicted octanol–water partition coefficient (Wildman–Crippen LogP) is 5.19. The smallest absolute Gasteiger partial charge is 0.264 e. The number of benzene rings is 3. The fraction of sp³-hybridized carbons (Fsp3) is 0.143. The molecular formula is C21H19ClFNO3S. The number of methoxy groups -OCH3 is 1. The highest BCUT2D eigenvalue weighted by Gasteiger charge is 2.27. The monoisotopic (exact) mass is 419 g/mol. The molecule has 0 saturated carbocycles. The Labute approximate surface area is 169 Å². The zero-order valence-electron chi connectivity index (χ0n) is 15.4. The molecule has 0 radical (unpaired) electrons. The molecule has 0 spiro atoms. The number of aryl methyl sites for hydroxylation is 1. The topological polar surface area (TPSA) is 46.6 Å². The van der Waals surface area contributed by atoms with Gasteiger partial charge in [-0.3, -0.25) is 4.31 Å². The molecule has 0 aromatic heterocycles. The van der Waals surface area contributed by atoms with Gasteiger partial charge in [0.2, 0.25) is 0 Å². The molecule has 3 rings (SSSR count). The summed E-state index contributed by atoms with van der Waals surface area (Å²) in [6.07, 6.45) is 0. The Morgan fingerprint density at radius 3 is 2.46 bits per heavy atom. The van der Waals surface area contributed by atoms with Crippen LogP contribution in [0.1, 0.15) is 11.1 Å². The summed E-state index contributed by atoms with van der Waals surface area (Å²) >= 11 is 5.83. The van der Waals surface area contributed by atoms with Gasteiger partial charge in [-0.05, 0) is 48.9 Å². The van der Waals surface area contributed by atoms with Gasteiger partial charge in [0.25, 0.3) is 10.0 Å². The highest BCUT2D eigenvalue weighted by Crippen LogP contribution is 2.30. The molecule has 0 unspecified atom stereocenters. The van der Waals surface area contributed by atoms with Gasteiger partial charge < -0.3 is 4.74 Å². The third-order valence-corrected chi connectivity index (χ3v) is 6.33. The van der Waals surface area contributed by atoms with Gasteiger partial charge in [-0.15, -0.1) is 0 Å². The second-order valence-corrected chi connectivity index (χ2v) is 8.51. The molecule has 0 aliphatic heterocycles. The van der Waals surface area contributed by atoms with E-state index in [-0.39, 0.29) is 16.5 Å². The van der Waals surface area contributed by atoms with Crippen LogP contribution in [0.3, 0.4) is 0 Å². The standard InChI is InChI=1S/C21H19ClFNO3S/c1-15-6-5-8-17(12-15)24(14-16-7-3-4-9-21(16)27-2)28(25,26)18-10-11-20(23)19(22)13-18/h3-13H,14H2,1-2H3. The van der Waals surface area contributed by atoms with Gasteiger partial charge in [0.05, 0.1) is 29.3 Å². The van der Waals surface area contributed by atoms with Gasteiger partial charge in [0, 0.05) is 5.56 Å². The van der Waals surface area contributed by atoms with Crippen molar-refractivity contribution in [3.63, 3.8) is 0 Å². The van der Waals surface area contributed by atoms with Crippen molar-refractivity contribution < 1.29 is 17.5 Å². The summed E-state index contributed by atoms with van der Waals surface area (Å²) in [5.41, 5.74) is 2.10. The summed E-state index contributed by atoms with van der Waals surface area (Å²) in [7, 11) is -2.47. The average Bonchev–Trinajstić information content (AvgIpc) is 2.68. The Kier molecular flexibility index (Phi) is 5.91. The number of rotatable bonds is 6. The Morgan fingerprint density at radius 1 is 1.04 bits per heavy atom. The third-order valence-electron chi connectivity index (χ3n) is 4.28. The van der Waals surface area contributed by atoms with E-state index < -0.39 is 15.8 Å². The first-order valence-corrected chi connectivity index (χ1v) is 10.3. The molecule has 0 fully saturated rings. The van der Waals surface area contributed by atoms with E-state index in [1.165, 1.54) is 17.5 Å². The van der Waals surface area contributed by atoms with Crippen LogP contribution in [0.15, 0.2) is 71.6 Å². The van der Waals surface area contributed by atoms with Crippen molar-refractivity contribution in [1.82, 2.24) is 0 Å². The van der Waals surface area contributed by atoms with Crippen molar-refractivity contribution >= 4 is 27.3 Å². The number of halogens is 2. The SMILES string of the molecule is COc1ccccc1CN(c1cccc(C)c1)S(=O)(=O)c1ccc(F)c(Cl)c1. The molecule has 0 aliphatic rings.